The zero-order chi connectivity index (χ0) is 17.8. The highest BCUT2D eigenvalue weighted by molar-refractivity contribution is 7.98. The normalized spacial score (nSPS) is 10.6. The number of ether oxygens (including phenoxy) is 1. The average molecular weight is 377 g/mol. The molecule has 0 atom stereocenters. The van der Waals surface area contributed by atoms with Crippen molar-refractivity contribution in [2.24, 2.45) is 0 Å². The minimum Gasteiger partial charge on any atom is -0.496 e. The van der Waals surface area contributed by atoms with Gasteiger partial charge in [0, 0.05) is 22.9 Å². The van der Waals surface area contributed by atoms with Crippen LogP contribution in [0.3, 0.4) is 0 Å². The molecule has 1 aromatic heterocycles. The van der Waals surface area contributed by atoms with Gasteiger partial charge in [0.25, 0.3) is 5.69 Å². The lowest BCUT2D eigenvalue weighted by molar-refractivity contribution is -0.384. The zero-order valence-corrected chi connectivity index (χ0v) is 14.7. The van der Waals surface area contributed by atoms with Crippen molar-refractivity contribution in [1.82, 2.24) is 15.2 Å². The van der Waals surface area contributed by atoms with Crippen molar-refractivity contribution in [3.05, 3.63) is 63.2 Å². The summed E-state index contributed by atoms with van der Waals surface area (Å²) in [5.74, 6) is 1.81. The molecule has 0 saturated heterocycles. The van der Waals surface area contributed by atoms with Gasteiger partial charge in [0.05, 0.1) is 17.6 Å². The van der Waals surface area contributed by atoms with E-state index in [2.05, 4.69) is 15.2 Å². The summed E-state index contributed by atoms with van der Waals surface area (Å²) in [6, 6.07) is 11.7. The monoisotopic (exact) mass is 376 g/mol. The van der Waals surface area contributed by atoms with E-state index in [1.165, 1.54) is 23.9 Å². The van der Waals surface area contributed by atoms with Gasteiger partial charge in [-0.2, -0.15) is 0 Å². The summed E-state index contributed by atoms with van der Waals surface area (Å²) in [6.07, 6.45) is 0. The summed E-state index contributed by atoms with van der Waals surface area (Å²) in [6.45, 7) is 0. The number of non-ortho nitro benzene ring substituents is 1. The van der Waals surface area contributed by atoms with Gasteiger partial charge in [-0.05, 0) is 23.8 Å². The summed E-state index contributed by atoms with van der Waals surface area (Å²) in [7, 11) is 1.58. The number of aromatic nitrogens is 3. The fourth-order valence-electron chi connectivity index (χ4n) is 2.16. The summed E-state index contributed by atoms with van der Waals surface area (Å²) < 4.78 is 5.32. The Morgan fingerprint density at radius 2 is 2.04 bits per heavy atom. The molecule has 0 radical (unpaired) electrons. The standard InChI is InChI=1S/C16H13ClN4O3S/c1-24-14-7-4-11(17)8-13(14)15-18-16(20-19-15)25-9-10-2-5-12(6-3-10)21(22)23/h2-8H,9H2,1H3,(H,18,19,20). The molecule has 1 heterocycles. The van der Waals surface area contributed by atoms with Crippen LogP contribution in [0, 0.1) is 10.1 Å². The van der Waals surface area contributed by atoms with Crippen molar-refractivity contribution in [3.8, 4) is 17.1 Å². The summed E-state index contributed by atoms with van der Waals surface area (Å²) >= 11 is 7.46. The van der Waals surface area contributed by atoms with Crippen LogP contribution in [0.5, 0.6) is 5.75 Å². The fraction of sp³-hybridized carbons (Fsp3) is 0.125. The highest BCUT2D eigenvalue weighted by Gasteiger charge is 2.12. The van der Waals surface area contributed by atoms with E-state index < -0.39 is 4.92 Å². The molecule has 128 valence electrons. The number of thioether (sulfide) groups is 1. The number of benzene rings is 2. The highest BCUT2D eigenvalue weighted by Crippen LogP contribution is 2.31. The van der Waals surface area contributed by atoms with E-state index in [0.29, 0.717) is 27.5 Å². The van der Waals surface area contributed by atoms with Crippen LogP contribution in [0.1, 0.15) is 5.56 Å². The van der Waals surface area contributed by atoms with Gasteiger partial charge < -0.3 is 4.74 Å². The Labute approximate surface area is 152 Å². The van der Waals surface area contributed by atoms with E-state index in [0.717, 1.165) is 11.1 Å². The molecule has 3 rings (SSSR count). The number of rotatable bonds is 6. The maximum Gasteiger partial charge on any atom is 0.269 e. The predicted octanol–water partition coefficient (Wildman–Crippen LogP) is 4.33. The number of nitrogens with one attached hydrogen (secondary N) is 1. The Hall–Kier alpha value is -2.58. The van der Waals surface area contributed by atoms with Gasteiger partial charge in [-0.25, -0.2) is 4.98 Å². The second-order valence-electron chi connectivity index (χ2n) is 5.02. The van der Waals surface area contributed by atoms with E-state index in [-0.39, 0.29) is 5.69 Å². The fourth-order valence-corrected chi connectivity index (χ4v) is 3.08. The Morgan fingerprint density at radius 1 is 1.28 bits per heavy atom. The van der Waals surface area contributed by atoms with Crippen LogP contribution in [0.15, 0.2) is 47.6 Å². The molecule has 7 nitrogen and oxygen atoms in total. The van der Waals surface area contributed by atoms with Crippen molar-refractivity contribution < 1.29 is 9.66 Å². The molecule has 0 aliphatic rings. The smallest absolute Gasteiger partial charge is 0.269 e. The van der Waals surface area contributed by atoms with Crippen molar-refractivity contribution >= 4 is 29.1 Å². The number of nitro groups is 1. The summed E-state index contributed by atoms with van der Waals surface area (Å²) in [5.41, 5.74) is 1.74. The molecule has 0 bridgehead atoms. The van der Waals surface area contributed by atoms with Gasteiger partial charge in [-0.1, -0.05) is 35.5 Å². The van der Waals surface area contributed by atoms with Crippen LogP contribution in [0.4, 0.5) is 5.69 Å². The van der Waals surface area contributed by atoms with Crippen LogP contribution in [-0.4, -0.2) is 27.2 Å². The maximum atomic E-state index is 10.7. The van der Waals surface area contributed by atoms with Gasteiger partial charge in [0.1, 0.15) is 5.75 Å². The Bertz CT molecular complexity index is 899. The van der Waals surface area contributed by atoms with Crippen molar-refractivity contribution in [3.63, 3.8) is 0 Å². The van der Waals surface area contributed by atoms with Gasteiger partial charge >= 0.3 is 0 Å². The summed E-state index contributed by atoms with van der Waals surface area (Å²) in [4.78, 5) is 14.7. The van der Waals surface area contributed by atoms with Crippen LogP contribution >= 0.6 is 23.4 Å². The van der Waals surface area contributed by atoms with Crippen LogP contribution in [-0.2, 0) is 5.75 Å². The summed E-state index contributed by atoms with van der Waals surface area (Å²) in [5, 5.41) is 18.9. The topological polar surface area (TPSA) is 93.9 Å². The lowest BCUT2D eigenvalue weighted by Gasteiger charge is -2.05. The van der Waals surface area contributed by atoms with Gasteiger partial charge in [-0.15, -0.1) is 5.10 Å². The lowest BCUT2D eigenvalue weighted by Crippen LogP contribution is -1.89. The van der Waals surface area contributed by atoms with Crippen molar-refractivity contribution in [2.45, 2.75) is 10.9 Å². The number of hydrogen-bond donors (Lipinski definition) is 1. The molecule has 0 fully saturated rings. The van der Waals surface area contributed by atoms with E-state index >= 15 is 0 Å². The van der Waals surface area contributed by atoms with E-state index in [1.807, 2.05) is 0 Å². The number of aromatic amines is 1. The van der Waals surface area contributed by atoms with Crippen molar-refractivity contribution in [1.29, 1.82) is 0 Å². The highest BCUT2D eigenvalue weighted by atomic mass is 35.5. The second kappa shape index (κ2) is 7.54. The molecule has 0 aliphatic heterocycles. The molecule has 0 saturated carbocycles. The maximum absolute atomic E-state index is 10.7. The zero-order valence-electron chi connectivity index (χ0n) is 13.1. The van der Waals surface area contributed by atoms with Crippen molar-refractivity contribution in [2.75, 3.05) is 7.11 Å². The average Bonchev–Trinajstić information content (AvgIpc) is 3.09. The van der Waals surface area contributed by atoms with E-state index in [4.69, 9.17) is 16.3 Å². The minimum atomic E-state index is -0.420. The number of hydrogen-bond acceptors (Lipinski definition) is 6. The molecular weight excluding hydrogens is 364 g/mol. The first kappa shape index (κ1) is 17.2. The Kier molecular flexibility index (Phi) is 5.20. The SMILES string of the molecule is COc1ccc(Cl)cc1-c1nc(SCc2ccc([N+](=O)[O-])cc2)n[nH]1. The quantitative estimate of drug-likeness (QED) is 0.391. The van der Waals surface area contributed by atoms with E-state index in [1.54, 1.807) is 37.4 Å². The number of methoxy groups -OCH3 is 1. The van der Waals surface area contributed by atoms with Gasteiger partial charge in [0.2, 0.25) is 5.16 Å². The first-order chi connectivity index (χ1) is 12.1. The third-order valence-corrected chi connectivity index (χ3v) is 4.55. The Balaban J connectivity index is 1.72. The number of H-pyrrole nitrogens is 1. The molecule has 2 aromatic carbocycles. The third-order valence-electron chi connectivity index (χ3n) is 3.40. The van der Waals surface area contributed by atoms with Crippen LogP contribution in [0.25, 0.3) is 11.4 Å². The first-order valence-electron chi connectivity index (χ1n) is 7.19. The molecule has 0 unspecified atom stereocenters. The minimum absolute atomic E-state index is 0.0713. The second-order valence-corrected chi connectivity index (χ2v) is 6.40. The van der Waals surface area contributed by atoms with Gasteiger partial charge in [-0.3, -0.25) is 15.2 Å². The molecule has 9 heteroatoms. The molecule has 25 heavy (non-hydrogen) atoms. The largest absolute Gasteiger partial charge is 0.496 e. The predicted molar refractivity (Wildman–Crippen MR) is 96.0 cm³/mol. The molecule has 0 spiro atoms. The first-order valence-corrected chi connectivity index (χ1v) is 8.55. The van der Waals surface area contributed by atoms with Gasteiger partial charge in [0.15, 0.2) is 5.82 Å². The molecular formula is C16H13ClN4O3S. The lowest BCUT2D eigenvalue weighted by atomic mass is 10.2. The third kappa shape index (κ3) is 4.09. The number of nitro benzene ring substituents is 1. The molecule has 0 aliphatic carbocycles. The Morgan fingerprint density at radius 3 is 2.72 bits per heavy atom. The molecule has 0 amide bonds. The van der Waals surface area contributed by atoms with Crippen LogP contribution < -0.4 is 4.74 Å². The molecule has 1 N–H and O–H groups in total. The number of nitrogens with zero attached hydrogens (tertiary/aromatic N) is 3. The number of halogens is 1. The van der Waals surface area contributed by atoms with Crippen LogP contribution in [0.2, 0.25) is 5.02 Å². The molecule has 3 aromatic rings. The van der Waals surface area contributed by atoms with E-state index in [9.17, 15) is 10.1 Å².